The van der Waals surface area contributed by atoms with Crippen molar-refractivity contribution in [2.75, 3.05) is 5.32 Å². The average Bonchev–Trinajstić information content (AvgIpc) is 2.71. The van der Waals surface area contributed by atoms with Crippen molar-refractivity contribution in [1.29, 1.82) is 0 Å². The van der Waals surface area contributed by atoms with Crippen LogP contribution in [0.2, 0.25) is 0 Å². The highest BCUT2D eigenvalue weighted by Crippen LogP contribution is 2.39. The third-order valence-electron chi connectivity index (χ3n) is 3.43. The molecular weight excluding hydrogens is 268 g/mol. The Labute approximate surface area is 120 Å². The van der Waals surface area contributed by atoms with Crippen LogP contribution in [-0.4, -0.2) is 17.6 Å². The van der Waals surface area contributed by atoms with Crippen LogP contribution < -0.4 is 11.1 Å². The summed E-state index contributed by atoms with van der Waals surface area (Å²) in [7, 11) is 0. The molecule has 0 bridgehead atoms. The van der Waals surface area contributed by atoms with Crippen molar-refractivity contribution in [1.82, 2.24) is 0 Å². The van der Waals surface area contributed by atoms with E-state index in [4.69, 9.17) is 5.73 Å². The Hall–Kier alpha value is -2.95. The quantitative estimate of drug-likeness (QED) is 0.752. The first-order valence-corrected chi connectivity index (χ1v) is 6.38. The molecule has 2 aromatic carbocycles. The van der Waals surface area contributed by atoms with Gasteiger partial charge in [-0.15, -0.1) is 0 Å². The molecule has 3 rings (SSSR count). The molecule has 2 aromatic rings. The smallest absolute Gasteiger partial charge is 0.249 e. The monoisotopic (exact) mass is 280 g/mol. The summed E-state index contributed by atoms with van der Waals surface area (Å²) < 4.78 is 0. The topological polar surface area (TPSA) is 89.3 Å². The fraction of sp³-hybridized carbons (Fsp3) is 0.0625. The van der Waals surface area contributed by atoms with Gasteiger partial charge in [-0.25, -0.2) is 0 Å². The molecule has 0 radical (unpaired) electrons. The van der Waals surface area contributed by atoms with Crippen LogP contribution in [-0.2, 0) is 4.79 Å². The van der Waals surface area contributed by atoms with Gasteiger partial charge in [0.2, 0.25) is 11.8 Å². The molecule has 2 amide bonds. The molecule has 1 aliphatic rings. The first-order chi connectivity index (χ1) is 9.99. The summed E-state index contributed by atoms with van der Waals surface area (Å²) in [6, 6.07) is 10.1. The fourth-order valence-electron chi connectivity index (χ4n) is 2.61. The Morgan fingerprint density at radius 1 is 1.05 bits per heavy atom. The summed E-state index contributed by atoms with van der Waals surface area (Å²) in [6.07, 6.45) is 0. The summed E-state index contributed by atoms with van der Waals surface area (Å²) >= 11 is 0. The van der Waals surface area contributed by atoms with E-state index in [1.807, 2.05) is 0 Å². The molecule has 0 fully saturated rings. The van der Waals surface area contributed by atoms with Crippen LogP contribution in [0.1, 0.15) is 33.2 Å². The van der Waals surface area contributed by atoms with Crippen molar-refractivity contribution >= 4 is 23.3 Å². The first-order valence-electron chi connectivity index (χ1n) is 6.38. The molecule has 5 nitrogen and oxygen atoms in total. The Morgan fingerprint density at radius 3 is 2.48 bits per heavy atom. The minimum Gasteiger partial charge on any atom is -0.366 e. The van der Waals surface area contributed by atoms with Crippen LogP contribution in [0.5, 0.6) is 0 Å². The van der Waals surface area contributed by atoms with Gasteiger partial charge in [-0.3, -0.25) is 14.4 Å². The maximum absolute atomic E-state index is 12.5. The number of hydrogen-bond donors (Lipinski definition) is 2. The standard InChI is InChI=1S/C16H12N2O3/c1-8(19)18-9-5-6-10-11-3-2-4-12(16(17)21)14(11)15(20)13(10)7-9/h2-7H,1H3,(H2,17,21)(H,18,19). The Morgan fingerprint density at radius 2 is 1.81 bits per heavy atom. The molecule has 3 N–H and O–H groups in total. The van der Waals surface area contributed by atoms with E-state index in [1.165, 1.54) is 6.92 Å². The molecule has 5 heteroatoms. The molecule has 21 heavy (non-hydrogen) atoms. The number of carbonyl (C=O) groups is 3. The van der Waals surface area contributed by atoms with Crippen LogP contribution in [0.3, 0.4) is 0 Å². The number of rotatable bonds is 2. The number of carbonyl (C=O) groups excluding carboxylic acids is 3. The summed E-state index contributed by atoms with van der Waals surface area (Å²) in [5.41, 5.74) is 8.33. The SMILES string of the molecule is CC(=O)Nc1ccc2c(c1)C(=O)c1c(C(N)=O)cccc1-2. The predicted molar refractivity (Wildman–Crippen MR) is 78.1 cm³/mol. The van der Waals surface area contributed by atoms with E-state index in [1.54, 1.807) is 36.4 Å². The van der Waals surface area contributed by atoms with Crippen molar-refractivity contribution in [3.63, 3.8) is 0 Å². The van der Waals surface area contributed by atoms with Gasteiger partial charge >= 0.3 is 0 Å². The number of primary amides is 1. The molecule has 0 atom stereocenters. The van der Waals surface area contributed by atoms with Gasteiger partial charge in [0.1, 0.15) is 0 Å². The van der Waals surface area contributed by atoms with Crippen LogP contribution in [0.15, 0.2) is 36.4 Å². The van der Waals surface area contributed by atoms with E-state index >= 15 is 0 Å². The van der Waals surface area contributed by atoms with Gasteiger partial charge in [0.15, 0.2) is 5.78 Å². The lowest BCUT2D eigenvalue weighted by Crippen LogP contribution is -2.15. The molecule has 104 valence electrons. The molecule has 0 aliphatic heterocycles. The van der Waals surface area contributed by atoms with Gasteiger partial charge in [-0.05, 0) is 29.3 Å². The second-order valence-corrected chi connectivity index (χ2v) is 4.86. The largest absolute Gasteiger partial charge is 0.366 e. The van der Waals surface area contributed by atoms with Gasteiger partial charge in [0.25, 0.3) is 0 Å². The van der Waals surface area contributed by atoms with Crippen LogP contribution in [0.4, 0.5) is 5.69 Å². The number of ketones is 1. The highest BCUT2D eigenvalue weighted by Gasteiger charge is 2.30. The molecular formula is C16H12N2O3. The Kier molecular flexibility index (Phi) is 2.83. The maximum Gasteiger partial charge on any atom is 0.249 e. The second-order valence-electron chi connectivity index (χ2n) is 4.86. The van der Waals surface area contributed by atoms with E-state index in [0.29, 0.717) is 22.4 Å². The normalized spacial score (nSPS) is 11.8. The highest BCUT2D eigenvalue weighted by atomic mass is 16.2. The second kappa shape index (κ2) is 4.56. The predicted octanol–water partition coefficient (Wildman–Crippen LogP) is 1.96. The summed E-state index contributed by atoms with van der Waals surface area (Å²) in [6.45, 7) is 1.40. The zero-order chi connectivity index (χ0) is 15.1. The number of nitrogens with two attached hydrogens (primary N) is 1. The van der Waals surface area contributed by atoms with Gasteiger partial charge < -0.3 is 11.1 Å². The number of benzene rings is 2. The van der Waals surface area contributed by atoms with Gasteiger partial charge in [0.05, 0.1) is 5.56 Å². The van der Waals surface area contributed by atoms with Crippen molar-refractivity contribution in [3.05, 3.63) is 53.1 Å². The zero-order valence-electron chi connectivity index (χ0n) is 11.3. The number of amides is 2. The molecule has 0 saturated heterocycles. The van der Waals surface area contributed by atoms with Gasteiger partial charge in [-0.2, -0.15) is 0 Å². The molecule has 0 aromatic heterocycles. The maximum atomic E-state index is 12.5. The van der Waals surface area contributed by atoms with E-state index in [9.17, 15) is 14.4 Å². The van der Waals surface area contributed by atoms with Crippen LogP contribution >= 0.6 is 0 Å². The Bertz CT molecular complexity index is 809. The minimum atomic E-state index is -0.630. The lowest BCUT2D eigenvalue weighted by Gasteiger charge is -2.04. The summed E-state index contributed by atoms with van der Waals surface area (Å²) in [5, 5.41) is 2.64. The van der Waals surface area contributed by atoms with Crippen molar-refractivity contribution in [2.45, 2.75) is 6.92 Å². The van der Waals surface area contributed by atoms with E-state index in [2.05, 4.69) is 5.32 Å². The number of hydrogen-bond acceptors (Lipinski definition) is 3. The molecule has 0 unspecified atom stereocenters. The summed E-state index contributed by atoms with van der Waals surface area (Å²) in [4.78, 5) is 35.1. The van der Waals surface area contributed by atoms with Crippen molar-refractivity contribution in [3.8, 4) is 11.1 Å². The third-order valence-corrected chi connectivity index (χ3v) is 3.43. The average molecular weight is 280 g/mol. The van der Waals surface area contributed by atoms with E-state index in [-0.39, 0.29) is 17.3 Å². The third kappa shape index (κ3) is 1.99. The first kappa shape index (κ1) is 13.1. The Balaban J connectivity index is 2.18. The molecule has 0 spiro atoms. The highest BCUT2D eigenvalue weighted by molar-refractivity contribution is 6.26. The van der Waals surface area contributed by atoms with Crippen molar-refractivity contribution in [2.24, 2.45) is 5.73 Å². The fourth-order valence-corrected chi connectivity index (χ4v) is 2.61. The molecule has 0 heterocycles. The number of nitrogens with one attached hydrogen (secondary N) is 1. The van der Waals surface area contributed by atoms with Crippen LogP contribution in [0.25, 0.3) is 11.1 Å². The van der Waals surface area contributed by atoms with E-state index in [0.717, 1.165) is 5.56 Å². The van der Waals surface area contributed by atoms with Crippen molar-refractivity contribution < 1.29 is 14.4 Å². The zero-order valence-corrected chi connectivity index (χ0v) is 11.3. The van der Waals surface area contributed by atoms with Gasteiger partial charge in [0, 0.05) is 23.7 Å². The lowest BCUT2D eigenvalue weighted by molar-refractivity contribution is -0.114. The number of anilines is 1. The number of fused-ring (bicyclic) bond motifs is 3. The molecule has 0 saturated carbocycles. The van der Waals surface area contributed by atoms with E-state index < -0.39 is 5.91 Å². The minimum absolute atomic E-state index is 0.212. The summed E-state index contributed by atoms with van der Waals surface area (Å²) in [5.74, 6) is -1.09. The molecule has 1 aliphatic carbocycles. The van der Waals surface area contributed by atoms with Crippen LogP contribution in [0, 0.1) is 0 Å². The lowest BCUT2D eigenvalue weighted by atomic mass is 10.0. The van der Waals surface area contributed by atoms with Gasteiger partial charge in [-0.1, -0.05) is 18.2 Å².